The number of rotatable bonds is 4. The number of methoxy groups -OCH3 is 1. The van der Waals surface area contributed by atoms with E-state index in [2.05, 4.69) is 11.1 Å². The minimum atomic E-state index is -1.02. The summed E-state index contributed by atoms with van der Waals surface area (Å²) in [5, 5.41) is 0. The standard InChI is InChI=1S/C25H28N4O3/c1-29-22(31)25(28-23(29)26)19-13-16(14-21(30)20-5-3-4-12-27-20)6-7-17(19)15-24(25)10-8-18(32-2)9-11-24/h3-7,12-13,18H,8-11,14-15H2,1-2H3,(H2,26,28). The molecule has 1 amide bonds. The number of likely N-dealkylation sites (N-methyl/N-ethyl adjacent to an activating group) is 1. The number of carbonyl (C=O) groups excluding carboxylic acids is 2. The van der Waals surface area contributed by atoms with Crippen molar-refractivity contribution in [2.45, 2.75) is 50.2 Å². The van der Waals surface area contributed by atoms with Crippen molar-refractivity contribution in [1.82, 2.24) is 9.88 Å². The van der Waals surface area contributed by atoms with Gasteiger partial charge in [0.2, 0.25) is 0 Å². The van der Waals surface area contributed by atoms with E-state index in [1.807, 2.05) is 18.2 Å². The van der Waals surface area contributed by atoms with E-state index < -0.39 is 5.54 Å². The Morgan fingerprint density at radius 2 is 2.03 bits per heavy atom. The minimum absolute atomic E-state index is 0.0502. The van der Waals surface area contributed by atoms with Gasteiger partial charge >= 0.3 is 0 Å². The minimum Gasteiger partial charge on any atom is -0.381 e. The molecule has 1 saturated carbocycles. The molecular weight excluding hydrogens is 404 g/mol. The molecule has 1 aliphatic heterocycles. The van der Waals surface area contributed by atoms with E-state index in [0.29, 0.717) is 5.69 Å². The molecule has 5 rings (SSSR count). The number of guanidine groups is 1. The summed E-state index contributed by atoms with van der Waals surface area (Å²) < 4.78 is 5.60. The lowest BCUT2D eigenvalue weighted by Gasteiger charge is -2.45. The zero-order valence-electron chi connectivity index (χ0n) is 18.5. The van der Waals surface area contributed by atoms with E-state index in [1.54, 1.807) is 32.5 Å². The highest BCUT2D eigenvalue weighted by molar-refractivity contribution is 6.08. The van der Waals surface area contributed by atoms with Crippen molar-refractivity contribution in [3.63, 3.8) is 0 Å². The molecule has 2 aliphatic carbocycles. The van der Waals surface area contributed by atoms with E-state index in [0.717, 1.165) is 48.8 Å². The highest BCUT2D eigenvalue weighted by Crippen LogP contribution is 2.61. The van der Waals surface area contributed by atoms with Crippen LogP contribution < -0.4 is 5.73 Å². The summed E-state index contributed by atoms with van der Waals surface area (Å²) in [6.45, 7) is 0. The third-order valence-electron chi connectivity index (χ3n) is 7.64. The maximum Gasteiger partial charge on any atom is 0.262 e. The lowest BCUT2D eigenvalue weighted by Crippen LogP contribution is -2.51. The summed E-state index contributed by atoms with van der Waals surface area (Å²) in [4.78, 5) is 37.0. The smallest absolute Gasteiger partial charge is 0.262 e. The van der Waals surface area contributed by atoms with Crippen molar-refractivity contribution in [2.24, 2.45) is 16.1 Å². The van der Waals surface area contributed by atoms with Gasteiger partial charge in [-0.15, -0.1) is 0 Å². The maximum atomic E-state index is 13.7. The lowest BCUT2D eigenvalue weighted by atomic mass is 9.61. The number of benzene rings is 1. The summed E-state index contributed by atoms with van der Waals surface area (Å²) >= 11 is 0. The molecule has 7 nitrogen and oxygen atoms in total. The molecule has 7 heteroatoms. The van der Waals surface area contributed by atoms with E-state index in [1.165, 1.54) is 4.90 Å². The summed E-state index contributed by atoms with van der Waals surface area (Å²) in [5.74, 6) is 0.134. The Labute approximate surface area is 187 Å². The summed E-state index contributed by atoms with van der Waals surface area (Å²) in [7, 11) is 3.44. The number of hydrogen-bond donors (Lipinski definition) is 1. The quantitative estimate of drug-likeness (QED) is 0.749. The molecule has 1 atom stereocenters. The van der Waals surface area contributed by atoms with Crippen molar-refractivity contribution in [3.05, 3.63) is 65.0 Å². The molecule has 32 heavy (non-hydrogen) atoms. The SMILES string of the molecule is COC1CCC2(CC1)Cc1ccc(CC(=O)c3ccccn3)cc1C21N=C(N)N(C)C1=O. The van der Waals surface area contributed by atoms with Crippen LogP contribution in [0.1, 0.15) is 52.9 Å². The first kappa shape index (κ1) is 20.8. The van der Waals surface area contributed by atoms with E-state index in [9.17, 15) is 9.59 Å². The van der Waals surface area contributed by atoms with Gasteiger partial charge in [-0.25, -0.2) is 4.99 Å². The van der Waals surface area contributed by atoms with Crippen LogP contribution in [0.3, 0.4) is 0 Å². The Bertz CT molecular complexity index is 1110. The number of carbonyl (C=O) groups is 2. The first-order chi connectivity index (χ1) is 15.4. The second kappa shape index (κ2) is 7.52. The van der Waals surface area contributed by atoms with Gasteiger partial charge in [0.25, 0.3) is 5.91 Å². The van der Waals surface area contributed by atoms with Crippen molar-refractivity contribution >= 4 is 17.6 Å². The number of ether oxygens (including phenoxy) is 1. The van der Waals surface area contributed by atoms with Crippen molar-refractivity contribution in [1.29, 1.82) is 0 Å². The van der Waals surface area contributed by atoms with E-state index in [-0.39, 0.29) is 35.6 Å². The van der Waals surface area contributed by atoms with Crippen LogP contribution in [-0.4, -0.2) is 47.8 Å². The van der Waals surface area contributed by atoms with Crippen LogP contribution in [-0.2, 0) is 27.9 Å². The number of nitrogens with zero attached hydrogens (tertiary/aromatic N) is 3. The molecule has 166 valence electrons. The van der Waals surface area contributed by atoms with Crippen LogP contribution >= 0.6 is 0 Å². The van der Waals surface area contributed by atoms with Gasteiger partial charge < -0.3 is 10.5 Å². The molecule has 3 aliphatic rings. The van der Waals surface area contributed by atoms with Gasteiger partial charge in [-0.3, -0.25) is 19.5 Å². The monoisotopic (exact) mass is 432 g/mol. The summed E-state index contributed by atoms with van der Waals surface area (Å²) in [6, 6.07) is 11.4. The maximum absolute atomic E-state index is 13.7. The predicted molar refractivity (Wildman–Crippen MR) is 120 cm³/mol. The van der Waals surface area contributed by atoms with Crippen molar-refractivity contribution < 1.29 is 14.3 Å². The van der Waals surface area contributed by atoms with Gasteiger partial charge in [0.15, 0.2) is 17.3 Å². The molecule has 1 unspecified atom stereocenters. The zero-order valence-corrected chi connectivity index (χ0v) is 18.5. The van der Waals surface area contributed by atoms with Gasteiger partial charge in [-0.1, -0.05) is 24.3 Å². The number of aromatic nitrogens is 1. The Morgan fingerprint density at radius 3 is 2.66 bits per heavy atom. The highest BCUT2D eigenvalue weighted by atomic mass is 16.5. The van der Waals surface area contributed by atoms with Crippen LogP contribution in [0.5, 0.6) is 0 Å². The van der Waals surface area contributed by atoms with Gasteiger partial charge in [0, 0.05) is 32.2 Å². The molecule has 2 heterocycles. The average molecular weight is 433 g/mol. The number of hydrogen-bond acceptors (Lipinski definition) is 6. The highest BCUT2D eigenvalue weighted by Gasteiger charge is 2.66. The first-order valence-corrected chi connectivity index (χ1v) is 11.1. The average Bonchev–Trinajstić information content (AvgIpc) is 3.21. The fourth-order valence-electron chi connectivity index (χ4n) is 5.89. The topological polar surface area (TPSA) is 97.9 Å². The van der Waals surface area contributed by atoms with E-state index >= 15 is 0 Å². The fraction of sp³-hybridized carbons (Fsp3) is 0.440. The number of pyridine rings is 1. The fourth-order valence-corrected chi connectivity index (χ4v) is 5.89. The largest absolute Gasteiger partial charge is 0.381 e. The van der Waals surface area contributed by atoms with Gasteiger partial charge in [-0.05, 0) is 60.9 Å². The number of Topliss-reactive ketones (excluding diaryl/α,β-unsaturated/α-hetero) is 1. The van der Waals surface area contributed by atoms with Crippen LogP contribution in [0, 0.1) is 5.41 Å². The number of nitrogens with two attached hydrogens (primary N) is 1. The first-order valence-electron chi connectivity index (χ1n) is 11.1. The van der Waals surface area contributed by atoms with Crippen LogP contribution in [0.15, 0.2) is 47.6 Å². The van der Waals surface area contributed by atoms with E-state index in [4.69, 9.17) is 15.5 Å². The normalized spacial score (nSPS) is 28.9. The summed E-state index contributed by atoms with van der Waals surface area (Å²) in [6.07, 6.45) is 6.32. The third-order valence-corrected chi connectivity index (χ3v) is 7.64. The lowest BCUT2D eigenvalue weighted by molar-refractivity contribution is -0.137. The van der Waals surface area contributed by atoms with Crippen molar-refractivity contribution in [2.75, 3.05) is 14.2 Å². The number of fused-ring (bicyclic) bond motifs is 3. The zero-order chi connectivity index (χ0) is 22.5. The molecule has 1 aromatic carbocycles. The van der Waals surface area contributed by atoms with Crippen LogP contribution in [0.25, 0.3) is 0 Å². The van der Waals surface area contributed by atoms with Gasteiger partial charge in [0.05, 0.1) is 6.10 Å². The molecular formula is C25H28N4O3. The summed E-state index contributed by atoms with van der Waals surface area (Å²) in [5.41, 5.74) is 8.16. The van der Waals surface area contributed by atoms with Gasteiger partial charge in [0.1, 0.15) is 5.69 Å². The molecule has 1 aromatic heterocycles. The van der Waals surface area contributed by atoms with Crippen LogP contribution in [0.4, 0.5) is 0 Å². The molecule has 2 spiro atoms. The molecule has 2 aromatic rings. The number of amides is 1. The second-order valence-electron chi connectivity index (χ2n) is 9.24. The Kier molecular flexibility index (Phi) is 4.89. The molecule has 0 radical (unpaired) electrons. The Balaban J connectivity index is 1.56. The second-order valence-corrected chi connectivity index (χ2v) is 9.24. The van der Waals surface area contributed by atoms with Crippen molar-refractivity contribution in [3.8, 4) is 0 Å². The third kappa shape index (κ3) is 2.91. The molecule has 0 saturated heterocycles. The Hall–Kier alpha value is -3.06. The Morgan fingerprint density at radius 1 is 1.25 bits per heavy atom. The molecule has 2 N–H and O–H groups in total. The number of ketones is 1. The molecule has 0 bridgehead atoms. The predicted octanol–water partition coefficient (Wildman–Crippen LogP) is 2.62. The number of aliphatic imine (C=N–C) groups is 1. The van der Waals surface area contributed by atoms with Crippen LogP contribution in [0.2, 0.25) is 0 Å². The van der Waals surface area contributed by atoms with Gasteiger partial charge in [-0.2, -0.15) is 0 Å². The molecule has 1 fully saturated rings.